The van der Waals surface area contributed by atoms with Gasteiger partial charge in [0.2, 0.25) is 0 Å². The van der Waals surface area contributed by atoms with Crippen LogP contribution in [0.3, 0.4) is 0 Å². The highest BCUT2D eigenvalue weighted by molar-refractivity contribution is 5.61. The summed E-state index contributed by atoms with van der Waals surface area (Å²) in [5, 5.41) is 13.8. The van der Waals surface area contributed by atoms with E-state index in [1.807, 2.05) is 0 Å². The van der Waals surface area contributed by atoms with Crippen LogP contribution in [0.1, 0.15) is 17.6 Å². The quantitative estimate of drug-likeness (QED) is 0.660. The Balaban J connectivity index is 2.07. The number of para-hydroxylation sites is 2. The Morgan fingerprint density at radius 3 is 2.35 bits per heavy atom. The van der Waals surface area contributed by atoms with E-state index in [4.69, 9.17) is 0 Å². The van der Waals surface area contributed by atoms with Crippen LogP contribution in [-0.2, 0) is 6.54 Å². The summed E-state index contributed by atoms with van der Waals surface area (Å²) in [7, 11) is 0. The van der Waals surface area contributed by atoms with Gasteiger partial charge in [-0.1, -0.05) is 36.4 Å². The highest BCUT2D eigenvalue weighted by Crippen LogP contribution is 2.24. The van der Waals surface area contributed by atoms with Crippen LogP contribution in [-0.4, -0.2) is 4.92 Å². The molecule has 0 aliphatic rings. The normalized spacial score (nSPS) is 10.6. The Morgan fingerprint density at radius 1 is 1.10 bits per heavy atom. The Morgan fingerprint density at radius 2 is 1.75 bits per heavy atom. The van der Waals surface area contributed by atoms with Crippen molar-refractivity contribution in [3.8, 4) is 0 Å². The Kier molecular flexibility index (Phi) is 4.24. The minimum Gasteiger partial charge on any atom is -0.375 e. The molecule has 0 aliphatic carbocycles. The molecule has 0 aliphatic heterocycles. The molecule has 0 aromatic heterocycles. The van der Waals surface area contributed by atoms with E-state index in [1.165, 1.54) is 18.2 Å². The fourth-order valence-corrected chi connectivity index (χ4v) is 1.76. The molecule has 0 bridgehead atoms. The van der Waals surface area contributed by atoms with Crippen LogP contribution in [0, 0.1) is 10.1 Å². The lowest BCUT2D eigenvalue weighted by Gasteiger charge is -2.07. The SMILES string of the molecule is O=[N+]([O-])c1ccccc1NCc1ccc(C(F)F)cc1. The molecule has 1 N–H and O–H groups in total. The molecule has 2 aromatic carbocycles. The average Bonchev–Trinajstić information content (AvgIpc) is 2.45. The largest absolute Gasteiger partial charge is 0.375 e. The minimum absolute atomic E-state index is 0.0169. The molecular formula is C14H12F2N2O2. The van der Waals surface area contributed by atoms with Crippen molar-refractivity contribution in [2.45, 2.75) is 13.0 Å². The van der Waals surface area contributed by atoms with Crippen molar-refractivity contribution in [1.29, 1.82) is 0 Å². The van der Waals surface area contributed by atoms with Crippen molar-refractivity contribution in [3.05, 3.63) is 69.8 Å². The fraction of sp³-hybridized carbons (Fsp3) is 0.143. The first-order chi connectivity index (χ1) is 9.58. The molecule has 0 atom stereocenters. The van der Waals surface area contributed by atoms with E-state index >= 15 is 0 Å². The van der Waals surface area contributed by atoms with Gasteiger partial charge in [-0.3, -0.25) is 10.1 Å². The standard InChI is InChI=1S/C14H12F2N2O2/c15-14(16)11-7-5-10(6-8-11)9-17-12-3-1-2-4-13(12)18(19)20/h1-8,14,17H,9H2. The third-order valence-electron chi connectivity index (χ3n) is 2.82. The monoisotopic (exact) mass is 278 g/mol. The molecule has 0 amide bonds. The van der Waals surface area contributed by atoms with E-state index in [9.17, 15) is 18.9 Å². The predicted molar refractivity (Wildman–Crippen MR) is 71.8 cm³/mol. The number of hydrogen-bond acceptors (Lipinski definition) is 3. The summed E-state index contributed by atoms with van der Waals surface area (Å²) in [5.74, 6) is 0. The number of nitro benzene ring substituents is 1. The van der Waals surface area contributed by atoms with Gasteiger partial charge in [-0.05, 0) is 11.6 Å². The maximum absolute atomic E-state index is 12.4. The van der Waals surface area contributed by atoms with Gasteiger partial charge >= 0.3 is 0 Å². The summed E-state index contributed by atoms with van der Waals surface area (Å²) >= 11 is 0. The number of halogens is 2. The summed E-state index contributed by atoms with van der Waals surface area (Å²) in [6, 6.07) is 12.1. The molecule has 0 fully saturated rings. The topological polar surface area (TPSA) is 55.2 Å². The number of alkyl halides is 2. The van der Waals surface area contributed by atoms with Crippen molar-refractivity contribution in [2.75, 3.05) is 5.32 Å². The summed E-state index contributed by atoms with van der Waals surface area (Å²) < 4.78 is 24.8. The van der Waals surface area contributed by atoms with E-state index in [-0.39, 0.29) is 11.3 Å². The number of hydrogen-bond donors (Lipinski definition) is 1. The lowest BCUT2D eigenvalue weighted by Crippen LogP contribution is -2.02. The summed E-state index contributed by atoms with van der Waals surface area (Å²) in [4.78, 5) is 10.4. The van der Waals surface area contributed by atoms with Gasteiger partial charge in [0.05, 0.1) is 4.92 Å². The smallest absolute Gasteiger partial charge is 0.292 e. The van der Waals surface area contributed by atoms with Gasteiger partial charge in [0.25, 0.3) is 12.1 Å². The molecule has 0 unspecified atom stereocenters. The third-order valence-corrected chi connectivity index (χ3v) is 2.82. The molecule has 0 heterocycles. The zero-order valence-electron chi connectivity index (χ0n) is 10.4. The number of nitrogens with zero attached hydrogens (tertiary/aromatic N) is 1. The molecule has 2 aromatic rings. The number of rotatable bonds is 5. The highest BCUT2D eigenvalue weighted by atomic mass is 19.3. The molecule has 0 saturated heterocycles. The zero-order valence-corrected chi connectivity index (χ0v) is 10.4. The first-order valence-electron chi connectivity index (χ1n) is 5.92. The number of nitro groups is 1. The van der Waals surface area contributed by atoms with E-state index < -0.39 is 11.3 Å². The molecule has 0 saturated carbocycles. The van der Waals surface area contributed by atoms with Crippen molar-refractivity contribution in [3.63, 3.8) is 0 Å². The summed E-state index contributed by atoms with van der Waals surface area (Å²) in [6.07, 6.45) is -2.49. The average molecular weight is 278 g/mol. The molecule has 0 radical (unpaired) electrons. The molecule has 20 heavy (non-hydrogen) atoms. The summed E-state index contributed by atoms with van der Waals surface area (Å²) in [5.41, 5.74) is 1.11. The first-order valence-corrected chi connectivity index (χ1v) is 5.92. The van der Waals surface area contributed by atoms with Crippen molar-refractivity contribution in [1.82, 2.24) is 0 Å². The van der Waals surface area contributed by atoms with Gasteiger partial charge in [0.15, 0.2) is 0 Å². The summed E-state index contributed by atoms with van der Waals surface area (Å²) in [6.45, 7) is 0.328. The van der Waals surface area contributed by atoms with Crippen LogP contribution >= 0.6 is 0 Å². The predicted octanol–water partition coefficient (Wildman–Crippen LogP) is 4.14. The Labute approximate surface area is 114 Å². The molecule has 0 spiro atoms. The Bertz CT molecular complexity index is 600. The van der Waals surface area contributed by atoms with Crippen molar-refractivity contribution < 1.29 is 13.7 Å². The van der Waals surface area contributed by atoms with E-state index in [0.717, 1.165) is 5.56 Å². The van der Waals surface area contributed by atoms with Gasteiger partial charge in [0.1, 0.15) is 5.69 Å². The maximum atomic E-state index is 12.4. The van der Waals surface area contributed by atoms with Crippen LogP contribution in [0.25, 0.3) is 0 Å². The number of benzene rings is 2. The second-order valence-electron chi connectivity index (χ2n) is 4.17. The first kappa shape index (κ1) is 13.9. The third kappa shape index (κ3) is 3.28. The second kappa shape index (κ2) is 6.10. The minimum atomic E-state index is -2.49. The van der Waals surface area contributed by atoms with E-state index in [1.54, 1.807) is 30.3 Å². The Hall–Kier alpha value is -2.50. The van der Waals surface area contributed by atoms with Crippen LogP contribution in [0.5, 0.6) is 0 Å². The van der Waals surface area contributed by atoms with E-state index in [0.29, 0.717) is 12.2 Å². The molecule has 6 heteroatoms. The lowest BCUT2D eigenvalue weighted by molar-refractivity contribution is -0.384. The van der Waals surface area contributed by atoms with Gasteiger partial charge in [0, 0.05) is 18.2 Å². The van der Waals surface area contributed by atoms with E-state index in [2.05, 4.69) is 5.32 Å². The van der Waals surface area contributed by atoms with Gasteiger partial charge in [-0.2, -0.15) is 0 Å². The maximum Gasteiger partial charge on any atom is 0.292 e. The van der Waals surface area contributed by atoms with Gasteiger partial charge < -0.3 is 5.32 Å². The van der Waals surface area contributed by atoms with Crippen LogP contribution < -0.4 is 5.32 Å². The van der Waals surface area contributed by atoms with Crippen LogP contribution in [0.15, 0.2) is 48.5 Å². The molecule has 2 rings (SSSR count). The van der Waals surface area contributed by atoms with Crippen LogP contribution in [0.2, 0.25) is 0 Å². The molecule has 104 valence electrons. The number of nitrogens with one attached hydrogen (secondary N) is 1. The van der Waals surface area contributed by atoms with Gasteiger partial charge in [-0.25, -0.2) is 8.78 Å². The highest BCUT2D eigenvalue weighted by Gasteiger charge is 2.11. The zero-order chi connectivity index (χ0) is 14.5. The fourth-order valence-electron chi connectivity index (χ4n) is 1.76. The van der Waals surface area contributed by atoms with Crippen molar-refractivity contribution >= 4 is 11.4 Å². The molecule has 4 nitrogen and oxygen atoms in total. The second-order valence-corrected chi connectivity index (χ2v) is 4.17. The number of anilines is 1. The lowest BCUT2D eigenvalue weighted by atomic mass is 10.1. The van der Waals surface area contributed by atoms with Crippen LogP contribution in [0.4, 0.5) is 20.2 Å². The van der Waals surface area contributed by atoms with Crippen molar-refractivity contribution in [2.24, 2.45) is 0 Å². The van der Waals surface area contributed by atoms with Gasteiger partial charge in [-0.15, -0.1) is 0 Å². The molecular weight excluding hydrogens is 266 g/mol.